The molecule has 94 valence electrons. The molecule has 0 spiro atoms. The van der Waals surface area contributed by atoms with Crippen LogP contribution in [0.25, 0.3) is 0 Å². The van der Waals surface area contributed by atoms with Gasteiger partial charge in [0, 0.05) is 5.56 Å². The second kappa shape index (κ2) is 6.40. The van der Waals surface area contributed by atoms with Gasteiger partial charge in [0.15, 0.2) is 5.78 Å². The molecule has 17 heavy (non-hydrogen) atoms. The van der Waals surface area contributed by atoms with Gasteiger partial charge in [0.1, 0.15) is 5.75 Å². The predicted molar refractivity (Wildman–Crippen MR) is 69.7 cm³/mol. The van der Waals surface area contributed by atoms with Crippen molar-refractivity contribution in [1.82, 2.24) is 5.32 Å². The Bertz CT molecular complexity index is 357. The predicted octanol–water partition coefficient (Wildman–Crippen LogP) is 2.65. The lowest BCUT2D eigenvalue weighted by Crippen LogP contribution is -2.33. The van der Waals surface area contributed by atoms with E-state index in [0.29, 0.717) is 0 Å². The first-order valence-electron chi connectivity index (χ1n) is 6.09. The van der Waals surface area contributed by atoms with Gasteiger partial charge in [0.05, 0.1) is 12.1 Å². The Kier molecular flexibility index (Phi) is 5.16. The smallest absolute Gasteiger partial charge is 0.179 e. The zero-order chi connectivity index (χ0) is 12.8. The fraction of sp³-hybridized carbons (Fsp3) is 0.500. The fourth-order valence-corrected chi connectivity index (χ4v) is 1.62. The van der Waals surface area contributed by atoms with E-state index in [4.69, 9.17) is 4.74 Å². The maximum Gasteiger partial charge on any atom is 0.179 e. The third-order valence-electron chi connectivity index (χ3n) is 2.41. The van der Waals surface area contributed by atoms with Crippen molar-refractivity contribution in [2.75, 3.05) is 6.54 Å². The molecule has 1 aromatic carbocycles. The van der Waals surface area contributed by atoms with Crippen LogP contribution >= 0.6 is 0 Å². The van der Waals surface area contributed by atoms with E-state index < -0.39 is 0 Å². The number of rotatable bonds is 6. The van der Waals surface area contributed by atoms with E-state index in [1.807, 2.05) is 52.0 Å². The number of ketones is 1. The molecule has 1 rings (SSSR count). The maximum absolute atomic E-state index is 12.0. The zero-order valence-electron chi connectivity index (χ0n) is 11.0. The third kappa shape index (κ3) is 4.19. The van der Waals surface area contributed by atoms with Gasteiger partial charge >= 0.3 is 0 Å². The van der Waals surface area contributed by atoms with Crippen LogP contribution in [0, 0.1) is 0 Å². The summed E-state index contributed by atoms with van der Waals surface area (Å²) in [6.45, 7) is 8.62. The van der Waals surface area contributed by atoms with Gasteiger partial charge < -0.3 is 10.1 Å². The molecule has 0 aliphatic heterocycles. The summed E-state index contributed by atoms with van der Waals surface area (Å²) >= 11 is 0. The van der Waals surface area contributed by atoms with Gasteiger partial charge in [-0.05, 0) is 51.6 Å². The van der Waals surface area contributed by atoms with E-state index in [2.05, 4.69) is 5.32 Å². The minimum absolute atomic E-state index is 0.114. The molecule has 0 bridgehead atoms. The minimum Gasteiger partial charge on any atom is -0.491 e. The molecule has 0 fully saturated rings. The van der Waals surface area contributed by atoms with Crippen LogP contribution in [0.15, 0.2) is 24.3 Å². The Hall–Kier alpha value is -1.35. The van der Waals surface area contributed by atoms with Gasteiger partial charge in [-0.3, -0.25) is 4.79 Å². The standard InChI is InChI=1S/C14H21NO2/c1-5-15-11(4)14(16)12-6-8-13(9-7-12)17-10(2)3/h6-11,15H,5H2,1-4H3. The number of Topliss-reactive ketones (excluding diaryl/α,β-unsaturated/α-hetero) is 1. The molecule has 0 aliphatic carbocycles. The van der Waals surface area contributed by atoms with Crippen LogP contribution in [0.3, 0.4) is 0 Å². The Morgan fingerprint density at radius 1 is 1.24 bits per heavy atom. The molecule has 1 unspecified atom stereocenters. The Morgan fingerprint density at radius 2 is 1.82 bits per heavy atom. The van der Waals surface area contributed by atoms with E-state index in [1.165, 1.54) is 0 Å². The summed E-state index contributed by atoms with van der Waals surface area (Å²) in [7, 11) is 0. The number of likely N-dealkylation sites (N-methyl/N-ethyl adjacent to an activating group) is 1. The number of carbonyl (C=O) groups is 1. The van der Waals surface area contributed by atoms with Crippen molar-refractivity contribution in [2.24, 2.45) is 0 Å². The van der Waals surface area contributed by atoms with Crippen LogP contribution in [0.4, 0.5) is 0 Å². The van der Waals surface area contributed by atoms with E-state index in [1.54, 1.807) is 0 Å². The molecule has 0 radical (unpaired) electrons. The molecule has 0 saturated heterocycles. The lowest BCUT2D eigenvalue weighted by molar-refractivity contribution is 0.0952. The zero-order valence-corrected chi connectivity index (χ0v) is 11.0. The van der Waals surface area contributed by atoms with Gasteiger partial charge in [-0.2, -0.15) is 0 Å². The average Bonchev–Trinajstić information content (AvgIpc) is 2.28. The molecule has 0 saturated carbocycles. The highest BCUT2D eigenvalue weighted by Crippen LogP contribution is 2.14. The first-order valence-corrected chi connectivity index (χ1v) is 6.09. The summed E-state index contributed by atoms with van der Waals surface area (Å²) in [5.41, 5.74) is 0.717. The number of carbonyl (C=O) groups excluding carboxylic acids is 1. The van der Waals surface area contributed by atoms with Crippen molar-refractivity contribution in [3.8, 4) is 5.75 Å². The highest BCUT2D eigenvalue weighted by molar-refractivity contribution is 5.99. The van der Waals surface area contributed by atoms with Crippen molar-refractivity contribution in [1.29, 1.82) is 0 Å². The van der Waals surface area contributed by atoms with Crippen LogP contribution in [-0.4, -0.2) is 24.5 Å². The summed E-state index contributed by atoms with van der Waals surface area (Å²) in [6.07, 6.45) is 0.150. The van der Waals surface area contributed by atoms with Crippen LogP contribution in [-0.2, 0) is 0 Å². The summed E-state index contributed by atoms with van der Waals surface area (Å²) in [6, 6.07) is 7.16. The van der Waals surface area contributed by atoms with Crippen LogP contribution in [0.2, 0.25) is 0 Å². The van der Waals surface area contributed by atoms with Crippen molar-refractivity contribution in [2.45, 2.75) is 39.8 Å². The van der Waals surface area contributed by atoms with Crippen LogP contribution in [0.5, 0.6) is 5.75 Å². The van der Waals surface area contributed by atoms with Gasteiger partial charge in [-0.25, -0.2) is 0 Å². The second-order valence-corrected chi connectivity index (χ2v) is 4.33. The van der Waals surface area contributed by atoms with Crippen LogP contribution in [0.1, 0.15) is 38.1 Å². The molecule has 0 aliphatic rings. The topological polar surface area (TPSA) is 38.3 Å². The number of ether oxygens (including phenoxy) is 1. The molecule has 0 aromatic heterocycles. The number of hydrogen-bond donors (Lipinski definition) is 1. The number of hydrogen-bond acceptors (Lipinski definition) is 3. The van der Waals surface area contributed by atoms with E-state index >= 15 is 0 Å². The normalized spacial score (nSPS) is 12.5. The van der Waals surface area contributed by atoms with E-state index in [9.17, 15) is 4.79 Å². The number of benzene rings is 1. The molecule has 0 amide bonds. The molecule has 1 aromatic rings. The molecule has 3 heteroatoms. The van der Waals surface area contributed by atoms with E-state index in [-0.39, 0.29) is 17.9 Å². The Morgan fingerprint density at radius 3 is 2.29 bits per heavy atom. The molecular weight excluding hydrogens is 214 g/mol. The SMILES string of the molecule is CCNC(C)C(=O)c1ccc(OC(C)C)cc1. The van der Waals surface area contributed by atoms with Crippen molar-refractivity contribution in [3.63, 3.8) is 0 Å². The van der Waals surface area contributed by atoms with E-state index in [0.717, 1.165) is 17.9 Å². The Labute approximate surface area is 103 Å². The molecule has 0 heterocycles. The summed E-state index contributed by atoms with van der Waals surface area (Å²) in [5, 5.41) is 3.11. The first kappa shape index (κ1) is 13.7. The summed E-state index contributed by atoms with van der Waals surface area (Å²) in [4.78, 5) is 12.0. The third-order valence-corrected chi connectivity index (χ3v) is 2.41. The largest absolute Gasteiger partial charge is 0.491 e. The second-order valence-electron chi connectivity index (χ2n) is 4.33. The minimum atomic E-state index is -0.142. The fourth-order valence-electron chi connectivity index (χ4n) is 1.62. The summed E-state index contributed by atoms with van der Waals surface area (Å²) in [5.74, 6) is 0.913. The maximum atomic E-state index is 12.0. The van der Waals surface area contributed by atoms with Crippen molar-refractivity contribution < 1.29 is 9.53 Å². The highest BCUT2D eigenvalue weighted by atomic mass is 16.5. The molecule has 3 nitrogen and oxygen atoms in total. The average molecular weight is 235 g/mol. The van der Waals surface area contributed by atoms with Gasteiger partial charge in [0.25, 0.3) is 0 Å². The lowest BCUT2D eigenvalue weighted by atomic mass is 10.1. The summed E-state index contributed by atoms with van der Waals surface area (Å²) < 4.78 is 5.53. The van der Waals surface area contributed by atoms with Gasteiger partial charge in [0.2, 0.25) is 0 Å². The molecular formula is C14H21NO2. The quantitative estimate of drug-likeness (QED) is 0.770. The van der Waals surface area contributed by atoms with Crippen molar-refractivity contribution in [3.05, 3.63) is 29.8 Å². The molecule has 1 atom stereocenters. The number of nitrogens with one attached hydrogen (secondary N) is 1. The monoisotopic (exact) mass is 235 g/mol. The molecule has 1 N–H and O–H groups in total. The van der Waals surface area contributed by atoms with Gasteiger partial charge in [-0.1, -0.05) is 6.92 Å². The van der Waals surface area contributed by atoms with Gasteiger partial charge in [-0.15, -0.1) is 0 Å². The van der Waals surface area contributed by atoms with Crippen molar-refractivity contribution >= 4 is 5.78 Å². The Balaban J connectivity index is 2.70. The van der Waals surface area contributed by atoms with Crippen LogP contribution < -0.4 is 10.1 Å². The highest BCUT2D eigenvalue weighted by Gasteiger charge is 2.13. The lowest BCUT2D eigenvalue weighted by Gasteiger charge is -2.12. The first-order chi connectivity index (χ1) is 8.04.